The molecule has 1 aliphatic heterocycles. The number of nitrogens with zero attached hydrogens (tertiary/aromatic N) is 7. The van der Waals surface area contributed by atoms with E-state index in [0.717, 1.165) is 9.58 Å². The maximum atomic E-state index is 14.7. The van der Waals surface area contributed by atoms with Crippen LogP contribution in [0.3, 0.4) is 0 Å². The molecule has 0 radical (unpaired) electrons. The molecule has 36 heavy (non-hydrogen) atoms. The zero-order valence-electron chi connectivity index (χ0n) is 19.3. The number of nitrogens with one attached hydrogen (secondary N) is 1. The summed E-state index contributed by atoms with van der Waals surface area (Å²) in [5.41, 5.74) is 2.67. The van der Waals surface area contributed by atoms with Crippen molar-refractivity contribution in [2.24, 2.45) is 0 Å². The van der Waals surface area contributed by atoms with E-state index in [2.05, 4.69) is 25.7 Å². The van der Waals surface area contributed by atoms with E-state index in [1.54, 1.807) is 30.5 Å². The number of methoxy groups -OCH3 is 1. The Morgan fingerprint density at radius 2 is 2.11 bits per heavy atom. The van der Waals surface area contributed by atoms with Crippen molar-refractivity contribution in [3.8, 4) is 17.0 Å². The number of carbonyl (C=O) groups excluding carboxylic acids is 1. The number of hydrogen-bond acceptors (Lipinski definition) is 7. The molecule has 3 aromatic heterocycles. The first kappa shape index (κ1) is 23.8. The van der Waals surface area contributed by atoms with Crippen LogP contribution in [-0.2, 0) is 11.3 Å². The Bertz CT molecular complexity index is 1440. The zero-order chi connectivity index (χ0) is 25.6. The van der Waals surface area contributed by atoms with Gasteiger partial charge in [0.15, 0.2) is 0 Å². The third-order valence-corrected chi connectivity index (χ3v) is 6.16. The number of aromatic nitrogens is 6. The van der Waals surface area contributed by atoms with E-state index >= 15 is 0 Å². The van der Waals surface area contributed by atoms with Crippen molar-refractivity contribution in [2.45, 2.75) is 38.3 Å². The number of carbonyl (C=O) groups is 1. The van der Waals surface area contributed by atoms with Gasteiger partial charge in [0, 0.05) is 25.2 Å². The summed E-state index contributed by atoms with van der Waals surface area (Å²) in [7, 11) is 1.40. The number of hydrogen-bond donors (Lipinski definition) is 1. The van der Waals surface area contributed by atoms with Gasteiger partial charge in [-0.05, 0) is 30.2 Å². The average Bonchev–Trinajstić information content (AvgIpc) is 3.43. The topological polar surface area (TPSA) is 102 Å². The Kier molecular flexibility index (Phi) is 5.88. The van der Waals surface area contributed by atoms with E-state index in [9.17, 15) is 22.4 Å². The highest BCUT2D eigenvalue weighted by atomic mass is 19.3. The first-order valence-corrected chi connectivity index (χ1v) is 11.1. The number of amides is 1. The minimum atomic E-state index is -3.18. The highest BCUT2D eigenvalue weighted by molar-refractivity contribution is 5.89. The fourth-order valence-corrected chi connectivity index (χ4v) is 4.37. The van der Waals surface area contributed by atoms with Crippen LogP contribution >= 0.6 is 0 Å². The number of fused-ring (bicyclic) bond motifs is 2. The summed E-state index contributed by atoms with van der Waals surface area (Å²) in [5.74, 6) is -3.51. The van der Waals surface area contributed by atoms with E-state index in [-0.39, 0.29) is 24.8 Å². The minimum Gasteiger partial charge on any atom is -0.479 e. The largest absolute Gasteiger partial charge is 0.479 e. The van der Waals surface area contributed by atoms with E-state index in [0.29, 0.717) is 27.7 Å². The molecule has 4 aromatic rings. The van der Waals surface area contributed by atoms with Gasteiger partial charge in [0.25, 0.3) is 12.3 Å². The van der Waals surface area contributed by atoms with Crippen molar-refractivity contribution >= 4 is 28.4 Å². The van der Waals surface area contributed by atoms with Crippen LogP contribution in [0.25, 0.3) is 27.7 Å². The second-order valence-corrected chi connectivity index (χ2v) is 8.52. The van der Waals surface area contributed by atoms with Crippen LogP contribution in [0.15, 0.2) is 30.5 Å². The van der Waals surface area contributed by atoms with E-state index in [1.807, 2.05) is 0 Å². The van der Waals surface area contributed by atoms with Gasteiger partial charge in [-0.1, -0.05) is 11.3 Å². The van der Waals surface area contributed by atoms with E-state index < -0.39 is 37.4 Å². The van der Waals surface area contributed by atoms with Gasteiger partial charge in [0.05, 0.1) is 25.2 Å². The lowest BCUT2D eigenvalue weighted by Gasteiger charge is -2.38. The molecule has 1 N–H and O–H groups in total. The number of alkyl halides is 4. The van der Waals surface area contributed by atoms with Crippen LogP contribution in [-0.4, -0.2) is 79.0 Å². The molecule has 10 nitrogen and oxygen atoms in total. The molecule has 190 valence electrons. The summed E-state index contributed by atoms with van der Waals surface area (Å²) in [6, 6.07) is 5.58. The SMILES string of the molecule is COc1nc(N[C@@H]2CCN(C(C)=O)CC2(F)F)nn2ccc(-c3ccc4nnn(CC(F)F)c4c3)c12. The van der Waals surface area contributed by atoms with Gasteiger partial charge in [-0.15, -0.1) is 10.2 Å². The van der Waals surface area contributed by atoms with Gasteiger partial charge < -0.3 is 15.0 Å². The zero-order valence-corrected chi connectivity index (χ0v) is 19.3. The van der Waals surface area contributed by atoms with Crippen LogP contribution < -0.4 is 10.1 Å². The quantitative estimate of drug-likeness (QED) is 0.401. The second kappa shape index (κ2) is 8.91. The number of halogens is 4. The fourth-order valence-electron chi connectivity index (χ4n) is 4.37. The Morgan fingerprint density at radius 1 is 1.31 bits per heavy atom. The lowest BCUT2D eigenvalue weighted by molar-refractivity contribution is -0.140. The van der Waals surface area contributed by atoms with Crippen molar-refractivity contribution in [1.82, 2.24) is 34.5 Å². The first-order chi connectivity index (χ1) is 17.2. The molecule has 1 fully saturated rings. The molecular formula is C22H22F4N8O2. The highest BCUT2D eigenvalue weighted by Crippen LogP contribution is 2.34. The predicted molar refractivity (Wildman–Crippen MR) is 121 cm³/mol. The first-order valence-electron chi connectivity index (χ1n) is 11.1. The summed E-state index contributed by atoms with van der Waals surface area (Å²) in [6.07, 6.45) is -0.946. The molecule has 1 amide bonds. The molecule has 0 unspecified atom stereocenters. The summed E-state index contributed by atoms with van der Waals surface area (Å²) < 4.78 is 63.3. The van der Waals surface area contributed by atoms with Gasteiger partial charge in [-0.2, -0.15) is 4.98 Å². The molecule has 0 bridgehead atoms. The molecule has 1 aromatic carbocycles. The fraction of sp³-hybridized carbons (Fsp3) is 0.409. The average molecular weight is 506 g/mol. The summed E-state index contributed by atoms with van der Waals surface area (Å²) in [5, 5.41) is 14.7. The monoisotopic (exact) mass is 506 g/mol. The molecule has 1 aliphatic rings. The molecule has 1 atom stereocenters. The van der Waals surface area contributed by atoms with Crippen molar-refractivity contribution in [3.63, 3.8) is 0 Å². The normalized spacial score (nSPS) is 17.8. The Balaban J connectivity index is 1.48. The van der Waals surface area contributed by atoms with Crippen LogP contribution in [0.2, 0.25) is 0 Å². The van der Waals surface area contributed by atoms with Crippen molar-refractivity contribution in [3.05, 3.63) is 30.5 Å². The van der Waals surface area contributed by atoms with Crippen molar-refractivity contribution in [2.75, 3.05) is 25.5 Å². The predicted octanol–water partition coefficient (Wildman–Crippen LogP) is 3.08. The van der Waals surface area contributed by atoms with Crippen LogP contribution in [0, 0.1) is 0 Å². The van der Waals surface area contributed by atoms with Gasteiger partial charge in [-0.3, -0.25) is 4.79 Å². The second-order valence-electron chi connectivity index (χ2n) is 8.52. The Morgan fingerprint density at radius 3 is 2.81 bits per heavy atom. The smallest absolute Gasteiger partial charge is 0.285 e. The lowest BCUT2D eigenvalue weighted by atomic mass is 10.0. The summed E-state index contributed by atoms with van der Waals surface area (Å²) in [6.45, 7) is 0.172. The van der Waals surface area contributed by atoms with Crippen LogP contribution in [0.1, 0.15) is 13.3 Å². The standard InChI is InChI=1S/C22H22F4N8O2/c1-12(35)32-7-6-17(22(25,26)11-32)27-21-28-20(36-2)19-14(5-8-33(19)30-21)13-3-4-15-16(9-13)34(31-29-15)10-18(23)24/h3-5,8-9,17-18H,6-7,10-11H2,1-2H3,(H,27,30)/t17-/m1/s1. The summed E-state index contributed by atoms with van der Waals surface area (Å²) in [4.78, 5) is 16.9. The summed E-state index contributed by atoms with van der Waals surface area (Å²) >= 11 is 0. The minimum absolute atomic E-state index is 0.0214. The third kappa shape index (κ3) is 4.27. The number of anilines is 1. The third-order valence-electron chi connectivity index (χ3n) is 6.16. The Labute approximate surface area is 201 Å². The number of likely N-dealkylation sites (tertiary alicyclic amines) is 1. The molecule has 4 heterocycles. The van der Waals surface area contributed by atoms with Crippen molar-refractivity contribution in [1.29, 1.82) is 0 Å². The number of piperidine rings is 1. The number of ether oxygens (including phenoxy) is 1. The van der Waals surface area contributed by atoms with E-state index in [4.69, 9.17) is 4.74 Å². The molecule has 1 saturated heterocycles. The number of rotatable bonds is 6. The van der Waals surface area contributed by atoms with Gasteiger partial charge in [-0.25, -0.2) is 26.8 Å². The van der Waals surface area contributed by atoms with Crippen LogP contribution in [0.5, 0.6) is 5.88 Å². The maximum Gasteiger partial charge on any atom is 0.285 e. The molecule has 14 heteroatoms. The van der Waals surface area contributed by atoms with E-state index in [1.165, 1.54) is 18.5 Å². The molecule has 0 aliphatic carbocycles. The molecule has 0 spiro atoms. The van der Waals surface area contributed by atoms with Gasteiger partial charge >= 0.3 is 0 Å². The lowest BCUT2D eigenvalue weighted by Crippen LogP contribution is -2.55. The Hall–Kier alpha value is -3.97. The molecular weight excluding hydrogens is 484 g/mol. The molecule has 5 rings (SSSR count). The highest BCUT2D eigenvalue weighted by Gasteiger charge is 2.45. The van der Waals surface area contributed by atoms with Crippen LogP contribution in [0.4, 0.5) is 23.5 Å². The molecule has 0 saturated carbocycles. The maximum absolute atomic E-state index is 14.7. The van der Waals surface area contributed by atoms with Gasteiger partial charge in [0.1, 0.15) is 17.6 Å². The van der Waals surface area contributed by atoms with Gasteiger partial charge in [0.2, 0.25) is 17.7 Å². The number of benzene rings is 1. The van der Waals surface area contributed by atoms with Crippen molar-refractivity contribution < 1.29 is 27.1 Å².